The first-order valence-electron chi connectivity index (χ1n) is 7.40. The van der Waals surface area contributed by atoms with Crippen molar-refractivity contribution in [1.82, 2.24) is 0 Å². The van der Waals surface area contributed by atoms with E-state index in [0.29, 0.717) is 19.0 Å². The third-order valence-corrected chi connectivity index (χ3v) is 3.80. The number of hydrogen-bond acceptors (Lipinski definition) is 4. The van der Waals surface area contributed by atoms with Gasteiger partial charge in [-0.1, -0.05) is 25.1 Å². The lowest BCUT2D eigenvalue weighted by Crippen LogP contribution is -2.00. The van der Waals surface area contributed by atoms with Crippen molar-refractivity contribution in [3.63, 3.8) is 0 Å². The zero-order chi connectivity index (χ0) is 15.8. The van der Waals surface area contributed by atoms with E-state index >= 15 is 0 Å². The number of rotatable bonds is 8. The average Bonchev–Trinajstić information content (AvgIpc) is 3.06. The highest BCUT2D eigenvalue weighted by Gasteiger charge is 2.06. The largest absolute Gasteiger partial charge is 0.490 e. The summed E-state index contributed by atoms with van der Waals surface area (Å²) in [4.78, 5) is 12.7. The number of carbonyl (C=O) groups is 1. The molecular weight excluding hydrogens is 296 g/mol. The van der Waals surface area contributed by atoms with Gasteiger partial charge in [0, 0.05) is 0 Å². The first kappa shape index (κ1) is 16.3. The number of benzene rings is 1. The Balaban J connectivity index is 2.13. The standard InChI is InChI=1S/C18H20O3S/c1-3-11-21-16-10-8-14(13-17(16)20-4-2)7-9-15(19)18-6-5-12-22-18/h5-10,12-13H,3-4,11H2,1-2H3. The topological polar surface area (TPSA) is 35.5 Å². The molecule has 0 spiro atoms. The molecule has 0 radical (unpaired) electrons. The van der Waals surface area contributed by atoms with Gasteiger partial charge in [0.2, 0.25) is 0 Å². The molecule has 0 atom stereocenters. The molecule has 0 unspecified atom stereocenters. The molecule has 4 heteroatoms. The Morgan fingerprint density at radius 2 is 2.05 bits per heavy atom. The molecule has 22 heavy (non-hydrogen) atoms. The van der Waals surface area contributed by atoms with Gasteiger partial charge in [-0.3, -0.25) is 4.79 Å². The fourth-order valence-electron chi connectivity index (χ4n) is 1.90. The number of ether oxygens (including phenoxy) is 2. The Kier molecular flexibility index (Phi) is 6.22. The molecular formula is C18H20O3S. The maximum atomic E-state index is 12.0. The van der Waals surface area contributed by atoms with Gasteiger partial charge in [-0.15, -0.1) is 11.3 Å². The summed E-state index contributed by atoms with van der Waals surface area (Å²) in [7, 11) is 0. The molecule has 0 saturated carbocycles. The zero-order valence-electron chi connectivity index (χ0n) is 12.9. The van der Waals surface area contributed by atoms with Crippen LogP contribution in [0.15, 0.2) is 41.8 Å². The summed E-state index contributed by atoms with van der Waals surface area (Å²) in [5.41, 5.74) is 0.914. The summed E-state index contributed by atoms with van der Waals surface area (Å²) in [6, 6.07) is 9.40. The van der Waals surface area contributed by atoms with Crippen LogP contribution in [-0.4, -0.2) is 19.0 Å². The average molecular weight is 316 g/mol. The maximum absolute atomic E-state index is 12.0. The molecule has 0 aliphatic carbocycles. The number of thiophene rings is 1. The van der Waals surface area contributed by atoms with Crippen LogP contribution in [0.5, 0.6) is 11.5 Å². The predicted octanol–water partition coefficient (Wildman–Crippen LogP) is 4.83. The third-order valence-electron chi connectivity index (χ3n) is 2.92. The molecule has 0 aliphatic rings. The molecule has 0 saturated heterocycles. The maximum Gasteiger partial charge on any atom is 0.195 e. The highest BCUT2D eigenvalue weighted by Crippen LogP contribution is 2.29. The molecule has 1 aromatic heterocycles. The molecule has 1 aromatic carbocycles. The van der Waals surface area contributed by atoms with Crippen molar-refractivity contribution in [1.29, 1.82) is 0 Å². The minimum absolute atomic E-state index is 0.0132. The van der Waals surface area contributed by atoms with Crippen molar-refractivity contribution in [3.05, 3.63) is 52.2 Å². The van der Waals surface area contributed by atoms with Gasteiger partial charge in [-0.05, 0) is 48.6 Å². The van der Waals surface area contributed by atoms with Crippen LogP contribution in [0, 0.1) is 0 Å². The van der Waals surface area contributed by atoms with Crippen LogP contribution in [0.2, 0.25) is 0 Å². The van der Waals surface area contributed by atoms with Crippen LogP contribution in [0.3, 0.4) is 0 Å². The van der Waals surface area contributed by atoms with E-state index in [4.69, 9.17) is 9.47 Å². The number of allylic oxidation sites excluding steroid dienone is 1. The summed E-state index contributed by atoms with van der Waals surface area (Å²) >= 11 is 1.44. The fraction of sp³-hybridized carbons (Fsp3) is 0.278. The van der Waals surface area contributed by atoms with Crippen LogP contribution in [0.25, 0.3) is 6.08 Å². The molecule has 1 heterocycles. The smallest absolute Gasteiger partial charge is 0.195 e. The van der Waals surface area contributed by atoms with Crippen LogP contribution in [-0.2, 0) is 0 Å². The monoisotopic (exact) mass is 316 g/mol. The van der Waals surface area contributed by atoms with Crippen LogP contribution in [0.4, 0.5) is 0 Å². The number of ketones is 1. The van der Waals surface area contributed by atoms with E-state index in [1.165, 1.54) is 11.3 Å². The van der Waals surface area contributed by atoms with Gasteiger partial charge in [0.15, 0.2) is 17.3 Å². The van der Waals surface area contributed by atoms with Crippen molar-refractivity contribution in [2.45, 2.75) is 20.3 Å². The van der Waals surface area contributed by atoms with Crippen molar-refractivity contribution >= 4 is 23.2 Å². The normalized spacial score (nSPS) is 10.8. The number of hydrogen-bond donors (Lipinski definition) is 0. The van der Waals surface area contributed by atoms with E-state index in [1.807, 2.05) is 42.6 Å². The van der Waals surface area contributed by atoms with E-state index in [0.717, 1.165) is 22.6 Å². The molecule has 0 bridgehead atoms. The first-order valence-corrected chi connectivity index (χ1v) is 8.28. The Hall–Kier alpha value is -2.07. The molecule has 0 aliphatic heterocycles. The minimum atomic E-state index is 0.0132. The quantitative estimate of drug-likeness (QED) is 0.517. The summed E-state index contributed by atoms with van der Waals surface area (Å²) in [6.07, 6.45) is 4.33. The summed E-state index contributed by atoms with van der Waals surface area (Å²) < 4.78 is 11.3. The Bertz CT molecular complexity index is 630. The molecule has 0 fully saturated rings. The SMILES string of the molecule is CCCOc1ccc(C=CC(=O)c2cccs2)cc1OCC. The highest BCUT2D eigenvalue weighted by molar-refractivity contribution is 7.12. The van der Waals surface area contributed by atoms with E-state index in [9.17, 15) is 4.79 Å². The molecule has 2 aromatic rings. The predicted molar refractivity (Wildman–Crippen MR) is 91.1 cm³/mol. The fourth-order valence-corrected chi connectivity index (χ4v) is 2.55. The van der Waals surface area contributed by atoms with Crippen molar-refractivity contribution in [2.24, 2.45) is 0 Å². The van der Waals surface area contributed by atoms with Gasteiger partial charge in [-0.2, -0.15) is 0 Å². The molecule has 116 valence electrons. The second kappa shape index (κ2) is 8.39. The first-order chi connectivity index (χ1) is 10.7. The van der Waals surface area contributed by atoms with Crippen molar-refractivity contribution < 1.29 is 14.3 Å². The molecule has 2 rings (SSSR count). The highest BCUT2D eigenvalue weighted by atomic mass is 32.1. The molecule has 0 amide bonds. The van der Waals surface area contributed by atoms with E-state index in [2.05, 4.69) is 6.92 Å². The minimum Gasteiger partial charge on any atom is -0.490 e. The summed E-state index contributed by atoms with van der Waals surface area (Å²) in [5.74, 6) is 1.46. The van der Waals surface area contributed by atoms with Crippen molar-refractivity contribution in [3.8, 4) is 11.5 Å². The Morgan fingerprint density at radius 3 is 2.73 bits per heavy atom. The van der Waals surface area contributed by atoms with Gasteiger partial charge in [0.05, 0.1) is 18.1 Å². The second-order valence-electron chi connectivity index (χ2n) is 4.66. The van der Waals surface area contributed by atoms with Gasteiger partial charge in [0.1, 0.15) is 0 Å². The lowest BCUT2D eigenvalue weighted by molar-refractivity contribution is 0.105. The van der Waals surface area contributed by atoms with E-state index in [1.54, 1.807) is 12.2 Å². The second-order valence-corrected chi connectivity index (χ2v) is 5.61. The lowest BCUT2D eigenvalue weighted by atomic mass is 10.1. The Labute approximate surface area is 135 Å². The third kappa shape index (κ3) is 4.46. The van der Waals surface area contributed by atoms with Gasteiger partial charge < -0.3 is 9.47 Å². The van der Waals surface area contributed by atoms with Gasteiger partial charge in [0.25, 0.3) is 0 Å². The zero-order valence-corrected chi connectivity index (χ0v) is 13.7. The van der Waals surface area contributed by atoms with Crippen LogP contribution < -0.4 is 9.47 Å². The molecule has 3 nitrogen and oxygen atoms in total. The lowest BCUT2D eigenvalue weighted by Gasteiger charge is -2.11. The van der Waals surface area contributed by atoms with Gasteiger partial charge in [-0.25, -0.2) is 0 Å². The van der Waals surface area contributed by atoms with Gasteiger partial charge >= 0.3 is 0 Å². The van der Waals surface area contributed by atoms with Crippen molar-refractivity contribution in [2.75, 3.05) is 13.2 Å². The number of carbonyl (C=O) groups excluding carboxylic acids is 1. The molecule has 0 N–H and O–H groups in total. The Morgan fingerprint density at radius 1 is 1.18 bits per heavy atom. The van der Waals surface area contributed by atoms with E-state index in [-0.39, 0.29) is 5.78 Å². The van der Waals surface area contributed by atoms with Crippen LogP contribution >= 0.6 is 11.3 Å². The summed E-state index contributed by atoms with van der Waals surface area (Å²) in [6.45, 7) is 5.23. The van der Waals surface area contributed by atoms with E-state index < -0.39 is 0 Å². The summed E-state index contributed by atoms with van der Waals surface area (Å²) in [5, 5.41) is 1.90. The van der Waals surface area contributed by atoms with Crippen LogP contribution in [0.1, 0.15) is 35.5 Å².